The van der Waals surface area contributed by atoms with Gasteiger partial charge < -0.3 is 10.1 Å². The molecule has 19 heavy (non-hydrogen) atoms. The summed E-state index contributed by atoms with van der Waals surface area (Å²) in [5.41, 5.74) is 1.63. The number of carbonyl (C=O) groups is 1. The number of hydrogen-bond donors (Lipinski definition) is 2. The fourth-order valence-corrected chi connectivity index (χ4v) is 2.59. The second-order valence-corrected chi connectivity index (χ2v) is 4.92. The number of ketones is 1. The number of nitrogens with one attached hydrogen (secondary N) is 1. The number of benzene rings is 1. The summed E-state index contributed by atoms with van der Waals surface area (Å²) in [6, 6.07) is 7.50. The minimum atomic E-state index is -0.0676. The number of aliphatic hydroxyl groups is 1. The molecule has 2 N–H and O–H groups in total. The maximum Gasteiger partial charge on any atom is 0.197 e. The Balaban J connectivity index is 2.36. The van der Waals surface area contributed by atoms with Gasteiger partial charge in [0.25, 0.3) is 0 Å². The van der Waals surface area contributed by atoms with Gasteiger partial charge in [-0.25, -0.2) is 4.98 Å². The third kappa shape index (κ3) is 2.06. The number of aliphatic hydroxyl groups excluding tert-OH is 1. The van der Waals surface area contributed by atoms with Crippen LogP contribution in [0.2, 0.25) is 0 Å². The number of carbonyl (C=O) groups excluding carboxylic acids is 1. The first-order valence-electron chi connectivity index (χ1n) is 6.11. The number of H-pyrrole nitrogens is 1. The number of para-hydroxylation sites is 1. The highest BCUT2D eigenvalue weighted by Crippen LogP contribution is 2.30. The molecule has 0 saturated carbocycles. The Hall–Kier alpha value is -2.01. The molecule has 0 atom stereocenters. The zero-order chi connectivity index (χ0) is 13.4. The topological polar surface area (TPSA) is 66.0 Å². The van der Waals surface area contributed by atoms with Crippen molar-refractivity contribution >= 4 is 34.5 Å². The van der Waals surface area contributed by atoms with Gasteiger partial charge in [0.05, 0.1) is 11.3 Å². The van der Waals surface area contributed by atoms with Gasteiger partial charge in [0.15, 0.2) is 10.6 Å². The number of hydrogen-bond acceptors (Lipinski definition) is 4. The Bertz CT molecular complexity index is 761. The summed E-state index contributed by atoms with van der Waals surface area (Å²) in [6.45, 7) is 0. The number of aromatic nitrogens is 2. The molecule has 1 heterocycles. The SMILES string of the molecule is O=C1CCCC(O)=C1c1nc(=S)[nH]c2ccccc12. The van der Waals surface area contributed by atoms with E-state index in [1.807, 2.05) is 24.3 Å². The lowest BCUT2D eigenvalue weighted by Crippen LogP contribution is -2.12. The zero-order valence-corrected chi connectivity index (χ0v) is 11.0. The molecule has 2 aromatic rings. The number of Topliss-reactive ketones (excluding diaryl/α,β-unsaturated/α-hetero) is 1. The highest BCUT2D eigenvalue weighted by molar-refractivity contribution is 7.71. The standard InChI is InChI=1S/C14H12N2O2S/c17-10-6-3-7-11(18)12(10)13-8-4-1-2-5-9(8)15-14(19)16-13/h1-2,4-5,17H,3,6-7H2,(H,15,16,19). The van der Waals surface area contributed by atoms with E-state index < -0.39 is 0 Å². The van der Waals surface area contributed by atoms with Crippen molar-refractivity contribution in [3.05, 3.63) is 40.5 Å². The van der Waals surface area contributed by atoms with Crippen molar-refractivity contribution in [1.29, 1.82) is 0 Å². The first kappa shape index (κ1) is 12.0. The second kappa shape index (κ2) is 4.59. The van der Waals surface area contributed by atoms with Crippen LogP contribution in [0.1, 0.15) is 25.0 Å². The third-order valence-corrected chi connectivity index (χ3v) is 3.45. The summed E-state index contributed by atoms with van der Waals surface area (Å²) in [4.78, 5) is 19.3. The molecule has 3 rings (SSSR count). The van der Waals surface area contributed by atoms with Crippen molar-refractivity contribution in [2.24, 2.45) is 0 Å². The minimum Gasteiger partial charge on any atom is -0.511 e. The van der Waals surface area contributed by atoms with Crippen molar-refractivity contribution in [2.45, 2.75) is 19.3 Å². The van der Waals surface area contributed by atoms with Gasteiger partial charge in [-0.1, -0.05) is 18.2 Å². The van der Waals surface area contributed by atoms with Crippen LogP contribution < -0.4 is 0 Å². The Morgan fingerprint density at radius 1 is 1.26 bits per heavy atom. The van der Waals surface area contributed by atoms with Crippen LogP contribution in [-0.2, 0) is 4.79 Å². The van der Waals surface area contributed by atoms with Crippen LogP contribution in [-0.4, -0.2) is 20.9 Å². The lowest BCUT2D eigenvalue weighted by atomic mass is 9.92. The van der Waals surface area contributed by atoms with Crippen LogP contribution in [0.15, 0.2) is 30.0 Å². The van der Waals surface area contributed by atoms with Gasteiger partial charge in [-0.2, -0.15) is 0 Å². The average molecular weight is 272 g/mol. The second-order valence-electron chi connectivity index (χ2n) is 4.53. The van der Waals surface area contributed by atoms with Crippen molar-refractivity contribution in [2.75, 3.05) is 0 Å². The van der Waals surface area contributed by atoms with E-state index in [0.29, 0.717) is 35.3 Å². The van der Waals surface area contributed by atoms with Crippen LogP contribution in [0.3, 0.4) is 0 Å². The maximum atomic E-state index is 12.1. The van der Waals surface area contributed by atoms with Gasteiger partial charge in [0, 0.05) is 23.7 Å². The van der Waals surface area contributed by atoms with Gasteiger partial charge in [0.1, 0.15) is 5.76 Å². The van der Waals surface area contributed by atoms with Gasteiger partial charge in [-0.3, -0.25) is 4.79 Å². The molecule has 1 aromatic heterocycles. The molecule has 5 heteroatoms. The molecule has 0 aliphatic heterocycles. The van der Waals surface area contributed by atoms with Gasteiger partial charge in [-0.15, -0.1) is 0 Å². The molecule has 0 spiro atoms. The largest absolute Gasteiger partial charge is 0.511 e. The van der Waals surface area contributed by atoms with Crippen LogP contribution in [0, 0.1) is 4.77 Å². The van der Waals surface area contributed by atoms with Crippen LogP contribution in [0.5, 0.6) is 0 Å². The predicted octanol–water partition coefficient (Wildman–Crippen LogP) is 3.31. The van der Waals surface area contributed by atoms with E-state index in [-0.39, 0.29) is 11.5 Å². The van der Waals surface area contributed by atoms with E-state index in [4.69, 9.17) is 12.2 Å². The number of rotatable bonds is 1. The van der Waals surface area contributed by atoms with Crippen molar-refractivity contribution in [1.82, 2.24) is 9.97 Å². The Kier molecular flexibility index (Phi) is 2.91. The molecule has 1 aliphatic carbocycles. The van der Waals surface area contributed by atoms with Gasteiger partial charge in [0.2, 0.25) is 0 Å². The molecule has 0 unspecified atom stereocenters. The van der Waals surface area contributed by atoms with E-state index >= 15 is 0 Å². The van der Waals surface area contributed by atoms with Crippen molar-refractivity contribution in [3.8, 4) is 0 Å². The summed E-state index contributed by atoms with van der Waals surface area (Å²) >= 11 is 5.09. The minimum absolute atomic E-state index is 0.0676. The smallest absolute Gasteiger partial charge is 0.197 e. The van der Waals surface area contributed by atoms with Crippen LogP contribution in [0.25, 0.3) is 16.5 Å². The molecule has 0 bridgehead atoms. The van der Waals surface area contributed by atoms with Gasteiger partial charge in [-0.05, 0) is 24.7 Å². The van der Waals surface area contributed by atoms with E-state index in [9.17, 15) is 9.90 Å². The average Bonchev–Trinajstić information content (AvgIpc) is 2.38. The van der Waals surface area contributed by atoms with Gasteiger partial charge >= 0.3 is 0 Å². The molecule has 4 nitrogen and oxygen atoms in total. The molecule has 0 fully saturated rings. The van der Waals surface area contributed by atoms with E-state index in [1.165, 1.54) is 0 Å². The predicted molar refractivity (Wildman–Crippen MR) is 75.3 cm³/mol. The van der Waals surface area contributed by atoms with E-state index in [0.717, 1.165) is 10.9 Å². The molecule has 1 aliphatic rings. The first-order valence-corrected chi connectivity index (χ1v) is 6.52. The normalized spacial score (nSPS) is 16.1. The zero-order valence-electron chi connectivity index (χ0n) is 10.1. The van der Waals surface area contributed by atoms with Crippen molar-refractivity contribution in [3.63, 3.8) is 0 Å². The monoisotopic (exact) mass is 272 g/mol. The fraction of sp³-hybridized carbons (Fsp3) is 0.214. The Labute approximate surface area is 114 Å². The number of nitrogens with zero attached hydrogens (tertiary/aromatic N) is 1. The summed E-state index contributed by atoms with van der Waals surface area (Å²) < 4.78 is 0.312. The molecule has 0 saturated heterocycles. The summed E-state index contributed by atoms with van der Waals surface area (Å²) in [7, 11) is 0. The first-order chi connectivity index (χ1) is 9.16. The molecule has 0 radical (unpaired) electrons. The summed E-state index contributed by atoms with van der Waals surface area (Å²) in [6.07, 6.45) is 1.65. The third-order valence-electron chi connectivity index (χ3n) is 3.26. The van der Waals surface area contributed by atoms with E-state index in [2.05, 4.69) is 9.97 Å². The van der Waals surface area contributed by atoms with Crippen LogP contribution in [0.4, 0.5) is 0 Å². The quantitative estimate of drug-likeness (QED) is 0.782. The lowest BCUT2D eigenvalue weighted by Gasteiger charge is -2.15. The Morgan fingerprint density at radius 2 is 2.05 bits per heavy atom. The fourth-order valence-electron chi connectivity index (χ4n) is 2.39. The van der Waals surface area contributed by atoms with Crippen LogP contribution >= 0.6 is 12.2 Å². The molecule has 96 valence electrons. The number of aromatic amines is 1. The highest BCUT2D eigenvalue weighted by atomic mass is 32.1. The summed E-state index contributed by atoms with van der Waals surface area (Å²) in [5.74, 6) is 0.0523. The van der Waals surface area contributed by atoms with E-state index in [1.54, 1.807) is 0 Å². The Morgan fingerprint density at radius 3 is 2.84 bits per heavy atom. The molecular formula is C14H12N2O2S. The molecule has 0 amide bonds. The lowest BCUT2D eigenvalue weighted by molar-refractivity contribution is -0.114. The summed E-state index contributed by atoms with van der Waals surface area (Å²) in [5, 5.41) is 10.8. The number of allylic oxidation sites excluding steroid dienone is 2. The maximum absolute atomic E-state index is 12.1. The molecular weight excluding hydrogens is 260 g/mol. The van der Waals surface area contributed by atoms with Crippen molar-refractivity contribution < 1.29 is 9.90 Å². The number of fused-ring (bicyclic) bond motifs is 1. The molecule has 1 aromatic carbocycles. The highest BCUT2D eigenvalue weighted by Gasteiger charge is 2.24.